The molecule has 0 bridgehead atoms. The number of ether oxygens (including phenoxy) is 2. The van der Waals surface area contributed by atoms with Gasteiger partial charge in [0.2, 0.25) is 17.7 Å². The van der Waals surface area contributed by atoms with E-state index in [-0.39, 0.29) is 47.8 Å². The summed E-state index contributed by atoms with van der Waals surface area (Å²) in [4.78, 5) is 72.9. The molecular formula is C47H51F2N13O8. The number of imide groups is 2. The summed E-state index contributed by atoms with van der Waals surface area (Å²) in [6, 6.07) is 10.9. The number of piperidine rings is 1. The van der Waals surface area contributed by atoms with Crippen molar-refractivity contribution < 1.29 is 46.6 Å². The molecule has 2 fully saturated rings. The molecule has 70 heavy (non-hydrogen) atoms. The molecule has 5 N–H and O–H groups in total. The van der Waals surface area contributed by atoms with E-state index < -0.39 is 47.7 Å². The van der Waals surface area contributed by atoms with Gasteiger partial charge in [-0.3, -0.25) is 34.2 Å². The number of oxazole rings is 1. The van der Waals surface area contributed by atoms with Crippen LogP contribution in [0.25, 0.3) is 11.3 Å². The smallest absolute Gasteiger partial charge is 0.284 e. The lowest BCUT2D eigenvalue weighted by molar-refractivity contribution is -0.136. The third-order valence-electron chi connectivity index (χ3n) is 11.5. The maximum absolute atomic E-state index is 14.1. The molecule has 366 valence electrons. The first-order valence-electron chi connectivity index (χ1n) is 22.7. The van der Waals surface area contributed by atoms with Crippen LogP contribution in [0, 0.1) is 5.92 Å². The zero-order chi connectivity index (χ0) is 49.1. The summed E-state index contributed by atoms with van der Waals surface area (Å²) in [6.45, 7) is 9.44. The van der Waals surface area contributed by atoms with Crippen molar-refractivity contribution in [3.63, 3.8) is 0 Å². The number of aromatic nitrogens is 6. The normalized spacial score (nSPS) is 16.2. The highest BCUT2D eigenvalue weighted by Gasteiger charge is 2.45. The third kappa shape index (κ3) is 11.9. The summed E-state index contributed by atoms with van der Waals surface area (Å²) in [5, 5.41) is 26.7. The number of anilines is 2. The molecule has 0 spiro atoms. The minimum atomic E-state index is -2.96. The molecular weight excluding hydrogens is 913 g/mol. The second-order valence-corrected chi connectivity index (χ2v) is 16.5. The van der Waals surface area contributed by atoms with Crippen molar-refractivity contribution in [1.82, 2.24) is 50.6 Å². The molecule has 8 rings (SSSR count). The van der Waals surface area contributed by atoms with Gasteiger partial charge in [-0.05, 0) is 74.7 Å². The van der Waals surface area contributed by atoms with Crippen molar-refractivity contribution >= 4 is 53.2 Å². The van der Waals surface area contributed by atoms with Gasteiger partial charge in [-0.1, -0.05) is 29.5 Å². The van der Waals surface area contributed by atoms with Gasteiger partial charge in [0.15, 0.2) is 11.4 Å². The zero-order valence-electron chi connectivity index (χ0n) is 38.2. The highest BCUT2D eigenvalue weighted by Crippen LogP contribution is 2.33. The van der Waals surface area contributed by atoms with Gasteiger partial charge in [-0.15, -0.1) is 5.10 Å². The van der Waals surface area contributed by atoms with Crippen LogP contribution in [-0.2, 0) is 38.7 Å². The van der Waals surface area contributed by atoms with Gasteiger partial charge in [-0.2, -0.15) is 5.10 Å². The van der Waals surface area contributed by atoms with Crippen molar-refractivity contribution in [2.75, 3.05) is 50.2 Å². The van der Waals surface area contributed by atoms with Crippen LogP contribution in [0.15, 0.2) is 88.5 Å². The summed E-state index contributed by atoms with van der Waals surface area (Å²) >= 11 is 0. The van der Waals surface area contributed by atoms with Crippen LogP contribution >= 0.6 is 0 Å². The number of halogens is 2. The lowest BCUT2D eigenvalue weighted by atomic mass is 10.0. The van der Waals surface area contributed by atoms with Crippen LogP contribution in [0.2, 0.25) is 0 Å². The fourth-order valence-corrected chi connectivity index (χ4v) is 7.61. The Morgan fingerprint density at radius 3 is 2.54 bits per heavy atom. The number of fused-ring (bicyclic) bond motifs is 1. The molecule has 1 atom stereocenters. The Hall–Kier alpha value is -7.76. The fraction of sp³-hybridized carbons (Fsp3) is 0.362. The predicted octanol–water partition coefficient (Wildman–Crippen LogP) is 4.42. The quantitative estimate of drug-likeness (QED) is 0.0235. The SMILES string of the molecule is C=N/C(=C\C(=C/C)c1nc(C(=O)Nc2cn(-c3ccc(CNCCOCCOCCn4cc(CNc5cccc6c5C(=O)N(C5CCC(=O)NC5=O)C6=O)nn4)cc3)nc2C(F)F)co1)NCC1CC1. The number of nitrogens with zero attached hydrogens (tertiary/aromatic N) is 8. The van der Waals surface area contributed by atoms with Crippen LogP contribution in [0.4, 0.5) is 20.2 Å². The molecule has 5 aromatic rings. The molecule has 1 aliphatic carbocycles. The molecule has 3 aromatic heterocycles. The van der Waals surface area contributed by atoms with Crippen molar-refractivity contribution in [1.29, 1.82) is 0 Å². The number of nitrogens with one attached hydrogen (secondary N) is 5. The third-order valence-corrected chi connectivity index (χ3v) is 11.5. The molecule has 3 aliphatic rings. The molecule has 21 nitrogen and oxygen atoms in total. The molecule has 5 heterocycles. The monoisotopic (exact) mass is 963 g/mol. The first kappa shape index (κ1) is 48.7. The molecule has 23 heteroatoms. The summed E-state index contributed by atoms with van der Waals surface area (Å²) < 4.78 is 48.0. The Morgan fingerprint density at radius 2 is 1.80 bits per heavy atom. The van der Waals surface area contributed by atoms with Gasteiger partial charge in [0.25, 0.3) is 24.1 Å². The zero-order valence-corrected chi connectivity index (χ0v) is 38.2. The second kappa shape index (κ2) is 22.6. The van der Waals surface area contributed by atoms with E-state index in [1.54, 1.807) is 54.2 Å². The van der Waals surface area contributed by atoms with E-state index in [9.17, 15) is 32.8 Å². The number of hydrogen-bond acceptors (Lipinski definition) is 16. The number of aliphatic imine (C=N–C) groups is 1. The van der Waals surface area contributed by atoms with Gasteiger partial charge < -0.3 is 35.2 Å². The molecule has 5 amide bonds. The second-order valence-electron chi connectivity index (χ2n) is 16.5. The van der Waals surface area contributed by atoms with E-state index in [4.69, 9.17) is 13.9 Å². The Bertz CT molecular complexity index is 2800. The van der Waals surface area contributed by atoms with E-state index >= 15 is 0 Å². The molecule has 1 unspecified atom stereocenters. The molecule has 0 radical (unpaired) electrons. The Labute approximate surface area is 399 Å². The first-order valence-corrected chi connectivity index (χ1v) is 22.7. The van der Waals surface area contributed by atoms with Crippen molar-refractivity contribution in [2.45, 2.75) is 64.7 Å². The summed E-state index contributed by atoms with van der Waals surface area (Å²) in [6.07, 6.45) is 7.16. The van der Waals surface area contributed by atoms with Crippen LogP contribution in [-0.4, -0.2) is 116 Å². The van der Waals surface area contributed by atoms with Crippen molar-refractivity contribution in [3.05, 3.63) is 119 Å². The summed E-state index contributed by atoms with van der Waals surface area (Å²) in [5.41, 5.74) is 2.48. The maximum atomic E-state index is 14.1. The highest BCUT2D eigenvalue weighted by molar-refractivity contribution is 6.25. The number of carbonyl (C=O) groups is 5. The van der Waals surface area contributed by atoms with Crippen LogP contribution in [0.3, 0.4) is 0 Å². The number of carbonyl (C=O) groups excluding carboxylic acids is 5. The fourth-order valence-electron chi connectivity index (χ4n) is 7.61. The minimum absolute atomic E-state index is 0.0351. The highest BCUT2D eigenvalue weighted by atomic mass is 19.3. The van der Waals surface area contributed by atoms with Gasteiger partial charge in [-0.25, -0.2) is 28.1 Å². The topological polar surface area (TPSA) is 254 Å². The van der Waals surface area contributed by atoms with E-state index in [1.165, 1.54) is 29.8 Å². The van der Waals surface area contributed by atoms with Crippen LogP contribution < -0.4 is 26.6 Å². The minimum Gasteiger partial charge on any atom is -0.444 e. The number of rotatable bonds is 25. The van der Waals surface area contributed by atoms with Gasteiger partial charge in [0.05, 0.1) is 74.4 Å². The van der Waals surface area contributed by atoms with E-state index in [1.807, 2.05) is 12.1 Å². The number of allylic oxidation sites excluding steroid dienone is 3. The Balaban J connectivity index is 0.711. The Morgan fingerprint density at radius 1 is 1.00 bits per heavy atom. The number of amides is 5. The summed E-state index contributed by atoms with van der Waals surface area (Å²) in [7, 11) is 0. The summed E-state index contributed by atoms with van der Waals surface area (Å²) in [5.74, 6) is -1.73. The number of hydrogen-bond donors (Lipinski definition) is 5. The largest absolute Gasteiger partial charge is 0.444 e. The number of alkyl halides is 2. The molecule has 1 saturated carbocycles. The molecule has 2 aliphatic heterocycles. The van der Waals surface area contributed by atoms with Crippen molar-refractivity contribution in [3.8, 4) is 5.69 Å². The van der Waals surface area contributed by atoms with E-state index in [0.717, 1.165) is 23.3 Å². The lowest BCUT2D eigenvalue weighted by Gasteiger charge is -2.27. The predicted molar refractivity (Wildman–Crippen MR) is 249 cm³/mol. The average Bonchev–Trinajstić information content (AvgIpc) is 3.63. The standard InChI is InChI=1S/C47H51F2N13O8/c1-3-30(21-38(50-2)53-23-29-7-8-29)45-55-36(27-70-45)43(64)54-35-26-61(58-41(35)42(48)49)32-11-9-28(10-12-32)22-51-15-17-68-19-20-69-18-16-60-25-31(57-59-60)24-52-34-6-4-5-33-40(34)47(67)62(46(33)66)37-13-14-39(63)56-44(37)65/h3-6,9-12,21,25-27,29,37,42,51-53H,2,7-8,13-20,22-24H2,1H3,(H,54,64)(H,56,63,65)/b30-3+,38-21+. The van der Waals surface area contributed by atoms with E-state index in [2.05, 4.69) is 58.7 Å². The number of benzene rings is 2. The Kier molecular flexibility index (Phi) is 15.7. The van der Waals surface area contributed by atoms with Gasteiger partial charge in [0.1, 0.15) is 23.8 Å². The van der Waals surface area contributed by atoms with Gasteiger partial charge >= 0.3 is 0 Å². The maximum Gasteiger partial charge on any atom is 0.284 e. The van der Waals surface area contributed by atoms with Crippen LogP contribution in [0.5, 0.6) is 0 Å². The van der Waals surface area contributed by atoms with Crippen LogP contribution in [0.1, 0.15) is 93.1 Å². The average molecular weight is 964 g/mol. The first-order chi connectivity index (χ1) is 34.0. The van der Waals surface area contributed by atoms with Gasteiger partial charge in [0, 0.05) is 37.3 Å². The lowest BCUT2D eigenvalue weighted by Crippen LogP contribution is -2.54. The molecule has 1 saturated heterocycles. The van der Waals surface area contributed by atoms with Crippen molar-refractivity contribution in [2.24, 2.45) is 10.9 Å². The van der Waals surface area contributed by atoms with E-state index in [0.29, 0.717) is 80.4 Å². The molecule has 2 aromatic carbocycles.